The van der Waals surface area contributed by atoms with Crippen LogP contribution in [0.15, 0.2) is 73.6 Å². The molecule has 0 saturated heterocycles. The Morgan fingerprint density at radius 2 is 1.93 bits per heavy atom. The molecule has 3 heterocycles. The third kappa shape index (κ3) is 5.77. The van der Waals surface area contributed by atoms with Gasteiger partial charge in [-0.25, -0.2) is 9.37 Å². The normalized spacial score (nSPS) is 14.3. The van der Waals surface area contributed by atoms with Crippen molar-refractivity contribution in [3.8, 4) is 22.6 Å². The van der Waals surface area contributed by atoms with Gasteiger partial charge in [0.25, 0.3) is 0 Å². The molecule has 1 aliphatic rings. The average molecular weight is 547 g/mol. The molecule has 208 valence electrons. The van der Waals surface area contributed by atoms with E-state index in [4.69, 9.17) is 4.98 Å². The number of aromatic nitrogens is 5. The van der Waals surface area contributed by atoms with Crippen LogP contribution < -0.4 is 5.32 Å². The van der Waals surface area contributed by atoms with Crippen LogP contribution in [-0.2, 0) is 6.54 Å². The molecule has 1 saturated carbocycles. The van der Waals surface area contributed by atoms with Gasteiger partial charge >= 0.3 is 0 Å². The predicted molar refractivity (Wildman–Crippen MR) is 164 cm³/mol. The lowest BCUT2D eigenvalue weighted by Crippen LogP contribution is -2.20. The maximum Gasteiger partial charge on any atom is 0.159 e. The zero-order chi connectivity index (χ0) is 28.3. The molecule has 5 aromatic rings. The molecule has 3 N–H and O–H groups in total. The number of hydrogen-bond acceptors (Lipinski definition) is 4. The van der Waals surface area contributed by atoms with Gasteiger partial charge in [-0.1, -0.05) is 43.7 Å². The molecule has 6 nitrogen and oxygen atoms in total. The van der Waals surface area contributed by atoms with Gasteiger partial charge in [-0.05, 0) is 91.7 Å². The predicted octanol–water partition coefficient (Wildman–Crippen LogP) is 7.67. The summed E-state index contributed by atoms with van der Waals surface area (Å²) in [5.41, 5.74) is 8.95. The number of H-pyrrole nitrogens is 2. The molecule has 2 aromatic carbocycles. The quantitative estimate of drug-likeness (QED) is 0.166. The van der Waals surface area contributed by atoms with Crippen molar-refractivity contribution in [2.75, 3.05) is 6.54 Å². The lowest BCUT2D eigenvalue weighted by Gasteiger charge is -2.11. The highest BCUT2D eigenvalue weighted by atomic mass is 19.1. The van der Waals surface area contributed by atoms with Gasteiger partial charge in [0.1, 0.15) is 11.5 Å². The van der Waals surface area contributed by atoms with Crippen molar-refractivity contribution < 1.29 is 4.39 Å². The highest BCUT2D eigenvalue weighted by Crippen LogP contribution is 2.33. The van der Waals surface area contributed by atoms with Crippen LogP contribution in [0.1, 0.15) is 53.8 Å². The summed E-state index contributed by atoms with van der Waals surface area (Å²) in [6, 6.07) is 13.5. The summed E-state index contributed by atoms with van der Waals surface area (Å²) in [5.74, 6) is 1.17. The van der Waals surface area contributed by atoms with Crippen molar-refractivity contribution in [1.29, 1.82) is 0 Å². The molecule has 0 spiro atoms. The maximum atomic E-state index is 14.3. The molecule has 0 aliphatic heterocycles. The highest BCUT2D eigenvalue weighted by molar-refractivity contribution is 5.95. The minimum absolute atomic E-state index is 0.280. The van der Waals surface area contributed by atoms with E-state index in [0.717, 1.165) is 74.8 Å². The lowest BCUT2D eigenvalue weighted by atomic mass is 9.99. The molecule has 7 heteroatoms. The number of rotatable bonds is 9. The molecule has 0 unspecified atom stereocenters. The molecule has 0 radical (unpaired) electrons. The van der Waals surface area contributed by atoms with E-state index in [1.165, 1.54) is 43.4 Å². The lowest BCUT2D eigenvalue weighted by molar-refractivity contribution is 0.489. The summed E-state index contributed by atoms with van der Waals surface area (Å²) in [6.45, 7) is 9.60. The molecule has 3 aromatic heterocycles. The number of hydrogen-bond donors (Lipinski definition) is 3. The Balaban J connectivity index is 1.30. The van der Waals surface area contributed by atoms with Gasteiger partial charge in [0.2, 0.25) is 0 Å². The Morgan fingerprint density at radius 3 is 2.73 bits per heavy atom. The first-order valence-corrected chi connectivity index (χ1v) is 14.3. The van der Waals surface area contributed by atoms with Gasteiger partial charge in [-0.15, -0.1) is 0 Å². The average Bonchev–Trinajstić information content (AvgIpc) is 3.71. The van der Waals surface area contributed by atoms with E-state index in [1.54, 1.807) is 6.08 Å². The number of nitrogens with zero attached hydrogens (tertiary/aromatic N) is 3. The number of allylic oxidation sites excluding steroid dienone is 2. The number of pyridine rings is 1. The van der Waals surface area contributed by atoms with E-state index < -0.39 is 0 Å². The number of aryl methyl sites for hydroxylation is 2. The second-order valence-electron chi connectivity index (χ2n) is 11.1. The molecular weight excluding hydrogens is 511 g/mol. The van der Waals surface area contributed by atoms with Crippen LogP contribution in [0.4, 0.5) is 4.39 Å². The number of benzene rings is 2. The summed E-state index contributed by atoms with van der Waals surface area (Å²) in [7, 11) is 0. The van der Waals surface area contributed by atoms with Crippen LogP contribution in [-0.4, -0.2) is 31.7 Å². The first-order valence-electron chi connectivity index (χ1n) is 14.3. The van der Waals surface area contributed by atoms with Gasteiger partial charge in [0, 0.05) is 41.2 Å². The fourth-order valence-electron chi connectivity index (χ4n) is 5.91. The molecule has 0 amide bonds. The van der Waals surface area contributed by atoms with Crippen LogP contribution in [0.3, 0.4) is 0 Å². The van der Waals surface area contributed by atoms with E-state index in [9.17, 15) is 4.39 Å². The van der Waals surface area contributed by atoms with Crippen LogP contribution >= 0.6 is 0 Å². The van der Waals surface area contributed by atoms with Crippen LogP contribution in [0, 0.1) is 25.6 Å². The summed E-state index contributed by atoms with van der Waals surface area (Å²) in [5, 5.41) is 12.3. The Labute approximate surface area is 239 Å². The Bertz CT molecular complexity index is 1720. The second-order valence-corrected chi connectivity index (χ2v) is 11.1. The SMILES string of the molecule is C=C/C=C(/c1cc(C)cc(F)c1)c1nc(-c2n[nH]c3ccc(-c4cncc(CNCC5CCCC5)c4)cc23)[nH]c1C. The number of fused-ring (bicyclic) bond motifs is 1. The summed E-state index contributed by atoms with van der Waals surface area (Å²) >= 11 is 0. The number of aromatic amines is 2. The molecule has 0 atom stereocenters. The van der Waals surface area contributed by atoms with E-state index >= 15 is 0 Å². The summed E-state index contributed by atoms with van der Waals surface area (Å²) in [6.07, 6.45) is 12.8. The summed E-state index contributed by atoms with van der Waals surface area (Å²) in [4.78, 5) is 12.9. The second kappa shape index (κ2) is 11.6. The van der Waals surface area contributed by atoms with Crippen molar-refractivity contribution in [2.24, 2.45) is 5.92 Å². The maximum absolute atomic E-state index is 14.3. The first-order chi connectivity index (χ1) is 20.0. The van der Waals surface area contributed by atoms with E-state index in [0.29, 0.717) is 5.82 Å². The highest BCUT2D eigenvalue weighted by Gasteiger charge is 2.19. The Morgan fingerprint density at radius 1 is 1.07 bits per heavy atom. The zero-order valence-electron chi connectivity index (χ0n) is 23.6. The van der Waals surface area contributed by atoms with Gasteiger partial charge < -0.3 is 10.3 Å². The number of imidazole rings is 1. The largest absolute Gasteiger partial charge is 0.340 e. The third-order valence-electron chi connectivity index (χ3n) is 7.93. The van der Waals surface area contributed by atoms with Crippen molar-refractivity contribution in [3.63, 3.8) is 0 Å². The Kier molecular flexibility index (Phi) is 7.61. The molecule has 0 bridgehead atoms. The third-order valence-corrected chi connectivity index (χ3v) is 7.93. The molecule has 1 aliphatic carbocycles. The summed E-state index contributed by atoms with van der Waals surface area (Å²) < 4.78 is 14.3. The minimum Gasteiger partial charge on any atom is -0.340 e. The topological polar surface area (TPSA) is 82.3 Å². The fraction of sp³-hybridized carbons (Fsp3) is 0.265. The molecule has 1 fully saturated rings. The van der Waals surface area contributed by atoms with Gasteiger partial charge in [-0.3, -0.25) is 10.1 Å². The van der Waals surface area contributed by atoms with Gasteiger partial charge in [0.05, 0.1) is 11.2 Å². The van der Waals surface area contributed by atoms with Crippen molar-refractivity contribution >= 4 is 16.5 Å². The standard InChI is InChI=1S/C34H35FN6/c1-4-7-29(26-12-21(2)13-28(35)15-26)32-22(3)38-34(39-32)33-30-16-25(10-11-31(30)40-41-33)27-14-24(19-37-20-27)18-36-17-23-8-5-6-9-23/h4,7,10-16,19-20,23,36H,1,5-6,8-9,17-18H2,2-3H3,(H,38,39)(H,40,41)/b29-7-. The zero-order valence-corrected chi connectivity index (χ0v) is 23.6. The number of halogens is 1. The van der Waals surface area contributed by atoms with Gasteiger partial charge in [-0.2, -0.15) is 5.10 Å². The minimum atomic E-state index is -0.280. The van der Waals surface area contributed by atoms with Crippen molar-refractivity contribution in [1.82, 2.24) is 30.5 Å². The van der Waals surface area contributed by atoms with E-state index in [2.05, 4.69) is 50.3 Å². The van der Waals surface area contributed by atoms with E-state index in [-0.39, 0.29) is 5.82 Å². The first kappa shape index (κ1) is 26.8. The van der Waals surface area contributed by atoms with Crippen molar-refractivity contribution in [2.45, 2.75) is 46.1 Å². The van der Waals surface area contributed by atoms with Crippen molar-refractivity contribution in [3.05, 3.63) is 107 Å². The molecule has 6 rings (SSSR count). The van der Waals surface area contributed by atoms with Crippen LogP contribution in [0.25, 0.3) is 39.1 Å². The van der Waals surface area contributed by atoms with Crippen LogP contribution in [0.2, 0.25) is 0 Å². The van der Waals surface area contributed by atoms with Gasteiger partial charge in [0.15, 0.2) is 5.82 Å². The smallest absolute Gasteiger partial charge is 0.159 e. The fourth-order valence-corrected chi connectivity index (χ4v) is 5.91. The monoisotopic (exact) mass is 546 g/mol. The Hall–Kier alpha value is -4.36. The van der Waals surface area contributed by atoms with E-state index in [1.807, 2.05) is 44.4 Å². The number of nitrogens with one attached hydrogen (secondary N) is 3. The molecular formula is C34H35FN6. The molecule has 41 heavy (non-hydrogen) atoms. The van der Waals surface area contributed by atoms with Crippen LogP contribution in [0.5, 0.6) is 0 Å².